The van der Waals surface area contributed by atoms with E-state index in [2.05, 4.69) is 56.3 Å². The monoisotopic (exact) mass is 821 g/mol. The van der Waals surface area contributed by atoms with Gasteiger partial charge in [0.1, 0.15) is 18.4 Å². The number of rotatable bonds is 9. The number of ether oxygens (including phenoxy) is 2. The molecule has 11 rings (SSSR count). The average Bonchev–Trinajstić information content (AvgIpc) is 3.97. The molecule has 1 unspecified atom stereocenters. The molecule has 0 spiro atoms. The lowest BCUT2D eigenvalue weighted by molar-refractivity contribution is -0.266. The van der Waals surface area contributed by atoms with Crippen molar-refractivity contribution in [1.82, 2.24) is 29.6 Å². The maximum atomic E-state index is 14.2. The zero-order valence-corrected chi connectivity index (χ0v) is 33.9. The molecule has 4 aromatic carbocycles. The summed E-state index contributed by atoms with van der Waals surface area (Å²) in [6.07, 6.45) is 0.902. The Morgan fingerprint density at radius 3 is 2.44 bits per heavy atom. The van der Waals surface area contributed by atoms with E-state index in [1.807, 2.05) is 36.2 Å². The van der Waals surface area contributed by atoms with Gasteiger partial charge < -0.3 is 34.1 Å². The van der Waals surface area contributed by atoms with Crippen LogP contribution in [0.5, 0.6) is 0 Å². The predicted octanol–water partition coefficient (Wildman–Crippen LogP) is 5.28. The topological polar surface area (TPSA) is 173 Å². The van der Waals surface area contributed by atoms with E-state index in [1.165, 1.54) is 0 Å². The van der Waals surface area contributed by atoms with Crippen LogP contribution in [0.2, 0.25) is 0 Å². The number of para-hydroxylation sites is 2. The molecule has 2 fully saturated rings. The van der Waals surface area contributed by atoms with Crippen LogP contribution in [-0.4, -0.2) is 93.3 Å². The van der Waals surface area contributed by atoms with E-state index >= 15 is 0 Å². The number of nitrogens with zero attached hydrogens (tertiary/aromatic N) is 4. The maximum absolute atomic E-state index is 14.2. The minimum Gasteiger partial charge on any atom is -0.384 e. The highest BCUT2D eigenvalue weighted by molar-refractivity contribution is 6.31. The van der Waals surface area contributed by atoms with E-state index in [-0.39, 0.29) is 48.2 Å². The van der Waals surface area contributed by atoms with Crippen molar-refractivity contribution in [2.45, 2.75) is 82.1 Å². The first kappa shape index (κ1) is 37.4. The molecular weight excluding hydrogens is 779 g/mol. The number of methoxy groups -OCH3 is 1. The lowest BCUT2D eigenvalue weighted by atomic mass is 9.91. The molecule has 7 heterocycles. The smallest absolute Gasteiger partial charge is 0.264 e. The number of carbonyl (C=O) groups is 6. The number of unbranched alkanes of at least 4 members (excludes halogenated alkanes) is 1. The van der Waals surface area contributed by atoms with Gasteiger partial charge in [-0.25, -0.2) is 0 Å². The minimum atomic E-state index is -1.07. The summed E-state index contributed by atoms with van der Waals surface area (Å²) in [5.74, 6) is -2.36. The van der Waals surface area contributed by atoms with Gasteiger partial charge in [-0.15, -0.1) is 0 Å². The predicted molar refractivity (Wildman–Crippen MR) is 225 cm³/mol. The molecule has 2 saturated heterocycles. The summed E-state index contributed by atoms with van der Waals surface area (Å²) < 4.78 is 18.2. The number of imide groups is 2. The molecule has 0 saturated carbocycles. The molecule has 5 aliphatic rings. The molecule has 0 aliphatic carbocycles. The highest BCUT2D eigenvalue weighted by Crippen LogP contribution is 2.54. The van der Waals surface area contributed by atoms with E-state index in [1.54, 1.807) is 25.3 Å². The fraction of sp³-hybridized carbons (Fsp3) is 0.348. The summed E-state index contributed by atoms with van der Waals surface area (Å²) in [6.45, 7) is 2.90. The number of hydrogen-bond donors (Lipinski definition) is 3. The highest BCUT2D eigenvalue weighted by Gasteiger charge is 2.55. The molecule has 0 radical (unpaired) electrons. The molecule has 6 amide bonds. The summed E-state index contributed by atoms with van der Waals surface area (Å²) in [5, 5.41) is 12.6. The fourth-order valence-electron chi connectivity index (χ4n) is 11.0. The second-order valence-corrected chi connectivity index (χ2v) is 16.9. The fourth-order valence-corrected chi connectivity index (χ4v) is 11.0. The van der Waals surface area contributed by atoms with Gasteiger partial charge in [0.05, 0.1) is 44.8 Å². The number of likely N-dealkylation sites (N-methyl/N-ethyl adjacent to an activating group) is 1. The van der Waals surface area contributed by atoms with Crippen molar-refractivity contribution in [1.29, 1.82) is 0 Å². The van der Waals surface area contributed by atoms with E-state index < -0.39 is 47.7 Å². The zero-order chi connectivity index (χ0) is 42.1. The lowest BCUT2D eigenvalue weighted by Gasteiger charge is -2.50. The third kappa shape index (κ3) is 5.10. The molecule has 15 heteroatoms. The third-order valence-corrected chi connectivity index (χ3v) is 13.7. The van der Waals surface area contributed by atoms with Gasteiger partial charge in [0, 0.05) is 73.7 Å². The summed E-state index contributed by atoms with van der Waals surface area (Å²) in [7, 11) is 3.50. The third-order valence-electron chi connectivity index (χ3n) is 13.7. The van der Waals surface area contributed by atoms with Crippen molar-refractivity contribution in [3.63, 3.8) is 0 Å². The number of piperidine rings is 1. The van der Waals surface area contributed by atoms with Gasteiger partial charge in [0.15, 0.2) is 5.72 Å². The molecule has 2 aromatic heterocycles. The van der Waals surface area contributed by atoms with Crippen LogP contribution in [-0.2, 0) is 36.1 Å². The number of aromatic nitrogens is 2. The van der Waals surface area contributed by atoms with Gasteiger partial charge >= 0.3 is 0 Å². The average molecular weight is 822 g/mol. The van der Waals surface area contributed by atoms with Crippen molar-refractivity contribution in [2.24, 2.45) is 0 Å². The standard InChI is InChI=1S/C46H43N7O8/c1-46-41(60-3)31(50(2)33(55)17-8-9-20-47-27-14-10-13-25-36(27)45(59)52(44(25)58)30-18-19-32(54)49-42(30)56)21-34(61-46)51-28-15-6-4-11-23(28)37-38-26(22-48-43(38)57)35-24-12-5-7-16-29(24)53(46)40(35)39(37)51/h4-7,10-16,30-31,34,41,47H,8-9,17-22H2,1-3H3,(H,48,57)(H,49,54,56)/t30?,31-,34-,41-,46+/m1/s1. The van der Waals surface area contributed by atoms with Crippen molar-refractivity contribution < 1.29 is 38.2 Å². The van der Waals surface area contributed by atoms with Crippen molar-refractivity contribution in [2.75, 3.05) is 26.0 Å². The van der Waals surface area contributed by atoms with Crippen LogP contribution in [0, 0.1) is 0 Å². The van der Waals surface area contributed by atoms with Gasteiger partial charge in [-0.05, 0) is 56.0 Å². The largest absolute Gasteiger partial charge is 0.384 e. The maximum Gasteiger partial charge on any atom is 0.264 e. The molecule has 15 nitrogen and oxygen atoms in total. The Balaban J connectivity index is 0.866. The summed E-state index contributed by atoms with van der Waals surface area (Å²) in [5.41, 5.74) is 5.31. The molecule has 2 bridgehead atoms. The van der Waals surface area contributed by atoms with Crippen molar-refractivity contribution in [3.05, 3.63) is 89.0 Å². The van der Waals surface area contributed by atoms with Gasteiger partial charge in [0.2, 0.25) is 17.7 Å². The lowest BCUT2D eigenvalue weighted by Crippen LogP contribution is -2.61. The van der Waals surface area contributed by atoms with Crippen LogP contribution in [0.15, 0.2) is 66.7 Å². The molecular formula is C46H43N7O8. The SMILES string of the molecule is CO[C@@H]1[C@H](N(C)C(=O)CCCCNc2cccc3c2C(=O)N(C2CCC(=O)NC2=O)C3=O)C[C@H]2O[C@]1(C)n1c3ccccc3c3c4c(c5c6ccccc6n2c5c31)C(=O)NC4. The van der Waals surface area contributed by atoms with Crippen LogP contribution in [0.1, 0.15) is 88.3 Å². The summed E-state index contributed by atoms with van der Waals surface area (Å²) >= 11 is 0. The number of anilines is 1. The molecule has 5 atom stereocenters. The minimum absolute atomic E-state index is 0.0437. The Labute approximate surface area is 348 Å². The van der Waals surface area contributed by atoms with Crippen molar-refractivity contribution >= 4 is 84.7 Å². The molecule has 3 N–H and O–H groups in total. The number of benzene rings is 4. The zero-order valence-electron chi connectivity index (χ0n) is 33.9. The Morgan fingerprint density at radius 2 is 1.67 bits per heavy atom. The van der Waals surface area contributed by atoms with Crippen LogP contribution in [0.3, 0.4) is 0 Å². The van der Waals surface area contributed by atoms with E-state index in [0.29, 0.717) is 43.6 Å². The van der Waals surface area contributed by atoms with Crippen LogP contribution in [0.4, 0.5) is 5.69 Å². The second-order valence-electron chi connectivity index (χ2n) is 16.9. The van der Waals surface area contributed by atoms with Gasteiger partial charge in [0.25, 0.3) is 17.7 Å². The Bertz CT molecular complexity index is 2990. The number of carbonyl (C=O) groups excluding carboxylic acids is 6. The number of fused-ring (bicyclic) bond motifs is 14. The van der Waals surface area contributed by atoms with Crippen LogP contribution in [0.25, 0.3) is 43.6 Å². The Kier molecular flexibility index (Phi) is 8.26. The number of nitrogens with one attached hydrogen (secondary N) is 3. The second kappa shape index (κ2) is 13.5. The summed E-state index contributed by atoms with van der Waals surface area (Å²) in [4.78, 5) is 81.9. The Hall–Kier alpha value is -6.58. The van der Waals surface area contributed by atoms with Gasteiger partial charge in [-0.1, -0.05) is 42.5 Å². The first-order valence-corrected chi connectivity index (χ1v) is 20.9. The normalized spacial score (nSPS) is 24.2. The first-order chi connectivity index (χ1) is 29.5. The molecule has 5 aliphatic heterocycles. The van der Waals surface area contributed by atoms with Crippen LogP contribution >= 0.6 is 0 Å². The number of amides is 6. The Morgan fingerprint density at radius 1 is 0.918 bits per heavy atom. The van der Waals surface area contributed by atoms with E-state index in [4.69, 9.17) is 9.47 Å². The molecule has 61 heavy (non-hydrogen) atoms. The van der Waals surface area contributed by atoms with Crippen molar-refractivity contribution in [3.8, 4) is 0 Å². The molecule has 6 aromatic rings. The van der Waals surface area contributed by atoms with Crippen LogP contribution < -0.4 is 16.0 Å². The highest BCUT2D eigenvalue weighted by atomic mass is 16.6. The van der Waals surface area contributed by atoms with Gasteiger partial charge in [-0.2, -0.15) is 0 Å². The number of hydrogen-bond acceptors (Lipinski definition) is 9. The summed E-state index contributed by atoms with van der Waals surface area (Å²) in [6, 6.07) is 19.9. The van der Waals surface area contributed by atoms with E-state index in [9.17, 15) is 28.8 Å². The van der Waals surface area contributed by atoms with Gasteiger partial charge in [-0.3, -0.25) is 39.0 Å². The first-order valence-electron chi connectivity index (χ1n) is 20.9. The van der Waals surface area contributed by atoms with E-state index in [0.717, 1.165) is 54.1 Å². The molecule has 310 valence electrons. The quantitative estimate of drug-likeness (QED) is 0.130.